The first-order valence-electron chi connectivity index (χ1n) is 5.95. The smallest absolute Gasteiger partial charge is 0.225 e. The highest BCUT2D eigenvalue weighted by Gasteiger charge is 2.10. The van der Waals surface area contributed by atoms with Crippen LogP contribution in [0, 0.1) is 5.82 Å². The first kappa shape index (κ1) is 14.4. The molecule has 18 heavy (non-hydrogen) atoms. The fourth-order valence-corrected chi connectivity index (χ4v) is 1.66. The molecule has 0 saturated carbocycles. The number of nitrogens with one attached hydrogen (secondary N) is 1. The second-order valence-corrected chi connectivity index (χ2v) is 4.15. The van der Waals surface area contributed by atoms with E-state index in [4.69, 9.17) is 10.5 Å². The maximum absolute atomic E-state index is 13.2. The molecule has 1 unspecified atom stereocenters. The zero-order valence-electron chi connectivity index (χ0n) is 10.7. The maximum Gasteiger partial charge on any atom is 0.225 e. The molecule has 0 bridgehead atoms. The number of hydrogen-bond acceptors (Lipinski definition) is 3. The zero-order valence-corrected chi connectivity index (χ0v) is 10.7. The van der Waals surface area contributed by atoms with Crippen LogP contribution in [0.5, 0.6) is 5.75 Å². The maximum atomic E-state index is 13.2. The van der Waals surface area contributed by atoms with Crippen LogP contribution in [0.15, 0.2) is 18.2 Å². The summed E-state index contributed by atoms with van der Waals surface area (Å²) in [6.07, 6.45) is 2.01. The number of anilines is 1. The van der Waals surface area contributed by atoms with Gasteiger partial charge in [0, 0.05) is 24.2 Å². The number of hydrogen-bond donors (Lipinski definition) is 2. The summed E-state index contributed by atoms with van der Waals surface area (Å²) in [5.74, 6) is -0.534. The highest BCUT2D eigenvalue weighted by Crippen LogP contribution is 2.21. The van der Waals surface area contributed by atoms with Crippen molar-refractivity contribution in [1.82, 2.24) is 0 Å². The Hall–Kier alpha value is -1.62. The third kappa shape index (κ3) is 4.33. The summed E-state index contributed by atoms with van der Waals surface area (Å²) in [5, 5.41) is 2.67. The number of ether oxygens (including phenoxy) is 1. The van der Waals surface area contributed by atoms with Crippen LogP contribution in [-0.4, -0.2) is 19.1 Å². The van der Waals surface area contributed by atoms with E-state index < -0.39 is 5.82 Å². The van der Waals surface area contributed by atoms with E-state index in [0.29, 0.717) is 5.69 Å². The first-order valence-corrected chi connectivity index (χ1v) is 5.95. The lowest BCUT2D eigenvalue weighted by molar-refractivity contribution is -0.116. The lowest BCUT2D eigenvalue weighted by atomic mass is 10.1. The molecule has 0 saturated heterocycles. The lowest BCUT2D eigenvalue weighted by Crippen LogP contribution is -2.26. The van der Waals surface area contributed by atoms with Crippen molar-refractivity contribution in [2.75, 3.05) is 12.4 Å². The standard InChI is InChI=1S/C13H19FN2O2/c1-3-4-9(15)7-13(17)16-10-5-6-11(14)12(8-10)18-2/h5-6,8-9H,3-4,7,15H2,1-2H3,(H,16,17). The van der Waals surface area contributed by atoms with Crippen molar-refractivity contribution in [3.05, 3.63) is 24.0 Å². The third-order valence-electron chi connectivity index (χ3n) is 2.54. The van der Waals surface area contributed by atoms with Gasteiger partial charge in [-0.1, -0.05) is 13.3 Å². The molecule has 0 radical (unpaired) electrons. The zero-order chi connectivity index (χ0) is 13.5. The van der Waals surface area contributed by atoms with Gasteiger partial charge in [-0.2, -0.15) is 0 Å². The summed E-state index contributed by atoms with van der Waals surface area (Å²) in [4.78, 5) is 11.7. The fraction of sp³-hybridized carbons (Fsp3) is 0.462. The molecule has 1 atom stereocenters. The van der Waals surface area contributed by atoms with Crippen LogP contribution in [0.4, 0.5) is 10.1 Å². The van der Waals surface area contributed by atoms with Crippen molar-refractivity contribution in [2.45, 2.75) is 32.2 Å². The molecule has 4 nitrogen and oxygen atoms in total. The van der Waals surface area contributed by atoms with Crippen molar-refractivity contribution in [3.8, 4) is 5.75 Å². The van der Waals surface area contributed by atoms with Crippen LogP contribution in [0.3, 0.4) is 0 Å². The van der Waals surface area contributed by atoms with E-state index in [1.165, 1.54) is 25.3 Å². The molecule has 0 aliphatic carbocycles. The molecule has 1 aromatic rings. The predicted molar refractivity (Wildman–Crippen MR) is 69.1 cm³/mol. The monoisotopic (exact) mass is 254 g/mol. The second-order valence-electron chi connectivity index (χ2n) is 4.15. The Morgan fingerprint density at radius 2 is 2.28 bits per heavy atom. The minimum absolute atomic E-state index is 0.102. The van der Waals surface area contributed by atoms with E-state index in [2.05, 4.69) is 5.32 Å². The van der Waals surface area contributed by atoms with Crippen LogP contribution in [0.25, 0.3) is 0 Å². The lowest BCUT2D eigenvalue weighted by Gasteiger charge is -2.11. The van der Waals surface area contributed by atoms with E-state index in [1.54, 1.807) is 0 Å². The normalized spacial score (nSPS) is 12.0. The summed E-state index contributed by atoms with van der Waals surface area (Å²) in [5.41, 5.74) is 6.28. The van der Waals surface area contributed by atoms with Gasteiger partial charge in [-0.05, 0) is 18.6 Å². The summed E-state index contributed by atoms with van der Waals surface area (Å²) >= 11 is 0. The average molecular weight is 254 g/mol. The van der Waals surface area contributed by atoms with Crippen molar-refractivity contribution in [1.29, 1.82) is 0 Å². The molecule has 0 fully saturated rings. The third-order valence-corrected chi connectivity index (χ3v) is 2.54. The van der Waals surface area contributed by atoms with Gasteiger partial charge in [0.05, 0.1) is 7.11 Å². The summed E-state index contributed by atoms with van der Waals surface area (Å²) in [6, 6.07) is 4.04. The molecule has 1 aromatic carbocycles. The van der Waals surface area contributed by atoms with Crippen molar-refractivity contribution in [3.63, 3.8) is 0 Å². The van der Waals surface area contributed by atoms with Gasteiger partial charge in [-0.3, -0.25) is 4.79 Å². The molecule has 0 aliphatic rings. The van der Waals surface area contributed by atoms with Gasteiger partial charge in [-0.25, -0.2) is 4.39 Å². The Balaban J connectivity index is 2.59. The molecule has 0 spiro atoms. The number of carbonyl (C=O) groups excluding carboxylic acids is 1. The fourth-order valence-electron chi connectivity index (χ4n) is 1.66. The summed E-state index contributed by atoms with van der Waals surface area (Å²) in [7, 11) is 1.38. The molecule has 5 heteroatoms. The van der Waals surface area contributed by atoms with Crippen molar-refractivity contribution < 1.29 is 13.9 Å². The van der Waals surface area contributed by atoms with Gasteiger partial charge in [0.2, 0.25) is 5.91 Å². The largest absolute Gasteiger partial charge is 0.494 e. The van der Waals surface area contributed by atoms with Crippen molar-refractivity contribution >= 4 is 11.6 Å². The summed E-state index contributed by atoms with van der Waals surface area (Å²) < 4.78 is 18.0. The Labute approximate surface area is 106 Å². The first-order chi connectivity index (χ1) is 8.56. The second kappa shape index (κ2) is 6.96. The van der Waals surface area contributed by atoms with Gasteiger partial charge in [0.1, 0.15) is 0 Å². The van der Waals surface area contributed by atoms with E-state index in [0.717, 1.165) is 12.8 Å². The molecule has 1 rings (SSSR count). The Morgan fingerprint density at radius 3 is 2.89 bits per heavy atom. The molecule has 0 aromatic heterocycles. The Morgan fingerprint density at radius 1 is 1.56 bits per heavy atom. The van der Waals surface area contributed by atoms with Crippen molar-refractivity contribution in [2.24, 2.45) is 5.73 Å². The molecule has 1 amide bonds. The van der Waals surface area contributed by atoms with Gasteiger partial charge in [-0.15, -0.1) is 0 Å². The molecular formula is C13H19FN2O2. The van der Waals surface area contributed by atoms with Crippen LogP contribution in [0.1, 0.15) is 26.2 Å². The number of nitrogens with two attached hydrogens (primary N) is 1. The molecule has 0 aliphatic heterocycles. The number of methoxy groups -OCH3 is 1. The topological polar surface area (TPSA) is 64.4 Å². The predicted octanol–water partition coefficient (Wildman–Crippen LogP) is 2.29. The minimum atomic E-state index is -0.460. The quantitative estimate of drug-likeness (QED) is 0.818. The highest BCUT2D eigenvalue weighted by molar-refractivity contribution is 5.91. The van der Waals surface area contributed by atoms with E-state index >= 15 is 0 Å². The highest BCUT2D eigenvalue weighted by atomic mass is 19.1. The van der Waals surface area contributed by atoms with Crippen LogP contribution in [-0.2, 0) is 4.79 Å². The van der Waals surface area contributed by atoms with Gasteiger partial charge in [0.15, 0.2) is 11.6 Å². The van der Waals surface area contributed by atoms with Crippen LogP contribution >= 0.6 is 0 Å². The number of rotatable bonds is 6. The van der Waals surface area contributed by atoms with E-state index in [-0.39, 0.29) is 24.1 Å². The van der Waals surface area contributed by atoms with Gasteiger partial charge in [0.25, 0.3) is 0 Å². The molecule has 3 N–H and O–H groups in total. The van der Waals surface area contributed by atoms with Gasteiger partial charge >= 0.3 is 0 Å². The Bertz CT molecular complexity index is 410. The molecule has 100 valence electrons. The van der Waals surface area contributed by atoms with Crippen LogP contribution < -0.4 is 15.8 Å². The Kier molecular flexibility index (Phi) is 5.58. The van der Waals surface area contributed by atoms with E-state index in [9.17, 15) is 9.18 Å². The van der Waals surface area contributed by atoms with Gasteiger partial charge < -0.3 is 15.8 Å². The van der Waals surface area contributed by atoms with Crippen LogP contribution in [0.2, 0.25) is 0 Å². The summed E-state index contributed by atoms with van der Waals surface area (Å²) in [6.45, 7) is 2.02. The minimum Gasteiger partial charge on any atom is -0.494 e. The number of amides is 1. The molecular weight excluding hydrogens is 235 g/mol. The number of carbonyl (C=O) groups is 1. The SMILES string of the molecule is CCCC(N)CC(=O)Nc1ccc(F)c(OC)c1. The van der Waals surface area contributed by atoms with E-state index in [1.807, 2.05) is 6.92 Å². The molecule has 0 heterocycles. The number of benzene rings is 1. The number of halogens is 1. The average Bonchev–Trinajstić information content (AvgIpc) is 2.31.